The molecule has 2 aromatic rings. The molecule has 0 bridgehead atoms. The van der Waals surface area contributed by atoms with Crippen LogP contribution in [0.1, 0.15) is 11.7 Å². The fourth-order valence-electron chi connectivity index (χ4n) is 1.49. The molecule has 0 spiro atoms. The highest BCUT2D eigenvalue weighted by atomic mass is 19.1. The summed E-state index contributed by atoms with van der Waals surface area (Å²) in [7, 11) is 0. The van der Waals surface area contributed by atoms with E-state index >= 15 is 0 Å². The summed E-state index contributed by atoms with van der Waals surface area (Å²) in [5.41, 5.74) is 2.18. The molecule has 0 amide bonds. The lowest BCUT2D eigenvalue weighted by atomic mass is 10.1. The van der Waals surface area contributed by atoms with Gasteiger partial charge in [-0.15, -0.1) is 0 Å². The van der Waals surface area contributed by atoms with Crippen molar-refractivity contribution in [2.24, 2.45) is 0 Å². The van der Waals surface area contributed by atoms with Gasteiger partial charge in [-0.3, -0.25) is 0 Å². The Morgan fingerprint density at radius 1 is 1.18 bits per heavy atom. The van der Waals surface area contributed by atoms with Gasteiger partial charge in [0.05, 0.1) is 12.0 Å². The second kappa shape index (κ2) is 5.21. The number of hydrogen-bond donors (Lipinski definition) is 1. The van der Waals surface area contributed by atoms with Gasteiger partial charge in [-0.2, -0.15) is 0 Å². The van der Waals surface area contributed by atoms with Crippen LogP contribution in [0.15, 0.2) is 55.2 Å². The van der Waals surface area contributed by atoms with Crippen LogP contribution in [0.3, 0.4) is 0 Å². The monoisotopic (exact) mass is 230 g/mol. The molecule has 0 aliphatic heterocycles. The number of allylic oxidation sites excluding steroid dienone is 1. The zero-order chi connectivity index (χ0) is 12.1. The molecule has 1 N–H and O–H groups in total. The van der Waals surface area contributed by atoms with E-state index in [9.17, 15) is 4.39 Å². The van der Waals surface area contributed by atoms with Gasteiger partial charge >= 0.3 is 0 Å². The average molecular weight is 230 g/mol. The maximum Gasteiger partial charge on any atom is 0.147 e. The predicted molar refractivity (Wildman–Crippen MR) is 63.1 cm³/mol. The smallest absolute Gasteiger partial charge is 0.147 e. The lowest BCUT2D eigenvalue weighted by molar-refractivity contribution is 0.396. The van der Waals surface area contributed by atoms with Crippen LogP contribution in [-0.4, -0.2) is 15.1 Å². The second-order valence-corrected chi connectivity index (χ2v) is 3.46. The van der Waals surface area contributed by atoms with E-state index in [2.05, 4.69) is 9.97 Å². The van der Waals surface area contributed by atoms with Crippen LogP contribution in [0, 0.1) is 0 Å². The van der Waals surface area contributed by atoms with Crippen LogP contribution in [0.5, 0.6) is 0 Å². The van der Waals surface area contributed by atoms with E-state index < -0.39 is 6.17 Å². The first-order chi connectivity index (χ1) is 8.31. The van der Waals surface area contributed by atoms with E-state index in [1.807, 2.05) is 0 Å². The third kappa shape index (κ3) is 2.66. The molecule has 3 nitrogen and oxygen atoms in total. The van der Waals surface area contributed by atoms with Gasteiger partial charge in [0.25, 0.3) is 0 Å². The molecule has 1 unspecified atom stereocenters. The number of alkyl halides is 1. The number of rotatable bonds is 3. The molecule has 0 fully saturated rings. The summed E-state index contributed by atoms with van der Waals surface area (Å²) in [5, 5.41) is 8.49. The maximum atomic E-state index is 13.4. The van der Waals surface area contributed by atoms with Crippen molar-refractivity contribution in [1.82, 2.24) is 9.97 Å². The topological polar surface area (TPSA) is 46.0 Å². The van der Waals surface area contributed by atoms with Crippen molar-refractivity contribution < 1.29 is 9.50 Å². The summed E-state index contributed by atoms with van der Waals surface area (Å²) < 4.78 is 13.4. The SMILES string of the molecule is O/C=C\C(F)c1ccc(-c2ccncn2)cc1. The Balaban J connectivity index is 2.25. The van der Waals surface area contributed by atoms with Gasteiger partial charge in [0.2, 0.25) is 0 Å². The first-order valence-corrected chi connectivity index (χ1v) is 5.12. The molecule has 0 aliphatic carbocycles. The predicted octanol–water partition coefficient (Wildman–Crippen LogP) is 3.23. The van der Waals surface area contributed by atoms with Crippen molar-refractivity contribution in [3.8, 4) is 11.3 Å². The van der Waals surface area contributed by atoms with E-state index in [0.29, 0.717) is 11.8 Å². The minimum absolute atomic E-state index is 0.494. The third-order valence-electron chi connectivity index (χ3n) is 2.36. The summed E-state index contributed by atoms with van der Waals surface area (Å²) in [6.07, 6.45) is 3.63. The number of hydrogen-bond acceptors (Lipinski definition) is 3. The van der Waals surface area contributed by atoms with E-state index in [-0.39, 0.29) is 0 Å². The minimum Gasteiger partial charge on any atom is -0.516 e. The summed E-state index contributed by atoms with van der Waals surface area (Å²) in [6.45, 7) is 0. The van der Waals surface area contributed by atoms with Gasteiger partial charge in [-0.25, -0.2) is 14.4 Å². The Morgan fingerprint density at radius 2 is 1.94 bits per heavy atom. The van der Waals surface area contributed by atoms with Crippen LogP contribution in [0.4, 0.5) is 4.39 Å². The molecular weight excluding hydrogens is 219 g/mol. The van der Waals surface area contributed by atoms with Crippen LogP contribution in [0.25, 0.3) is 11.3 Å². The van der Waals surface area contributed by atoms with Gasteiger partial charge in [0.1, 0.15) is 12.5 Å². The Hall–Kier alpha value is -2.23. The molecule has 17 heavy (non-hydrogen) atoms. The number of aliphatic hydroxyl groups excluding tert-OH is 1. The molecule has 1 aromatic carbocycles. The molecule has 0 radical (unpaired) electrons. The fraction of sp³-hybridized carbons (Fsp3) is 0.0769. The lowest BCUT2D eigenvalue weighted by Gasteiger charge is -2.04. The molecule has 0 saturated carbocycles. The Labute approximate surface area is 98.3 Å². The molecule has 86 valence electrons. The molecule has 0 aliphatic rings. The normalized spacial score (nSPS) is 12.8. The standard InChI is InChI=1S/C13H11FN2O/c14-12(6-8-17)10-1-3-11(4-2-10)13-5-7-15-9-16-13/h1-9,12,17H/b8-6-. The molecule has 1 aromatic heterocycles. The first kappa shape index (κ1) is 11.3. The largest absolute Gasteiger partial charge is 0.516 e. The molecule has 1 atom stereocenters. The molecule has 4 heteroatoms. The zero-order valence-electron chi connectivity index (χ0n) is 8.99. The minimum atomic E-state index is -1.29. The fourth-order valence-corrected chi connectivity index (χ4v) is 1.49. The van der Waals surface area contributed by atoms with E-state index in [1.165, 1.54) is 6.33 Å². The molecule has 0 saturated heterocycles. The molecular formula is C13H11FN2O. The van der Waals surface area contributed by atoms with Crippen LogP contribution >= 0.6 is 0 Å². The number of nitrogens with zero attached hydrogens (tertiary/aromatic N) is 2. The summed E-state index contributed by atoms with van der Waals surface area (Å²) >= 11 is 0. The van der Waals surface area contributed by atoms with Gasteiger partial charge in [0, 0.05) is 11.8 Å². The van der Waals surface area contributed by atoms with Crippen molar-refractivity contribution in [2.75, 3.05) is 0 Å². The highest BCUT2D eigenvalue weighted by Gasteiger charge is 2.06. The van der Waals surface area contributed by atoms with Gasteiger partial charge in [0.15, 0.2) is 0 Å². The Kier molecular flexibility index (Phi) is 3.45. The van der Waals surface area contributed by atoms with Crippen molar-refractivity contribution in [2.45, 2.75) is 6.17 Å². The highest BCUT2D eigenvalue weighted by molar-refractivity contribution is 5.58. The Bertz CT molecular complexity index is 497. The Morgan fingerprint density at radius 3 is 2.53 bits per heavy atom. The van der Waals surface area contributed by atoms with Crippen LogP contribution < -0.4 is 0 Å². The number of aromatic nitrogens is 2. The molecule has 2 rings (SSSR count). The summed E-state index contributed by atoms with van der Waals surface area (Å²) in [6, 6.07) is 8.70. The van der Waals surface area contributed by atoms with Crippen molar-refractivity contribution in [3.63, 3.8) is 0 Å². The van der Waals surface area contributed by atoms with Crippen molar-refractivity contribution >= 4 is 0 Å². The molecule has 1 heterocycles. The van der Waals surface area contributed by atoms with E-state index in [1.54, 1.807) is 36.5 Å². The second-order valence-electron chi connectivity index (χ2n) is 3.46. The average Bonchev–Trinajstić information content (AvgIpc) is 2.40. The lowest BCUT2D eigenvalue weighted by Crippen LogP contribution is -1.88. The van der Waals surface area contributed by atoms with Crippen LogP contribution in [-0.2, 0) is 0 Å². The summed E-state index contributed by atoms with van der Waals surface area (Å²) in [5.74, 6) is 0. The van der Waals surface area contributed by atoms with E-state index in [0.717, 1.165) is 17.3 Å². The first-order valence-electron chi connectivity index (χ1n) is 5.12. The zero-order valence-corrected chi connectivity index (χ0v) is 8.99. The highest BCUT2D eigenvalue weighted by Crippen LogP contribution is 2.22. The third-order valence-corrected chi connectivity index (χ3v) is 2.36. The van der Waals surface area contributed by atoms with E-state index in [4.69, 9.17) is 5.11 Å². The number of aliphatic hydroxyl groups is 1. The quantitative estimate of drug-likeness (QED) is 0.823. The van der Waals surface area contributed by atoms with Gasteiger partial charge < -0.3 is 5.11 Å². The van der Waals surface area contributed by atoms with Crippen molar-refractivity contribution in [3.05, 3.63) is 60.8 Å². The van der Waals surface area contributed by atoms with Crippen molar-refractivity contribution in [1.29, 1.82) is 0 Å². The summed E-state index contributed by atoms with van der Waals surface area (Å²) in [4.78, 5) is 7.93. The van der Waals surface area contributed by atoms with Crippen LogP contribution in [0.2, 0.25) is 0 Å². The van der Waals surface area contributed by atoms with Gasteiger partial charge in [-0.1, -0.05) is 24.3 Å². The van der Waals surface area contributed by atoms with Gasteiger partial charge in [-0.05, 0) is 17.7 Å². The maximum absolute atomic E-state index is 13.4. The number of halogens is 1. The number of benzene rings is 1.